The van der Waals surface area contributed by atoms with Crippen LogP contribution in [0.5, 0.6) is 0 Å². The maximum Gasteiger partial charge on any atom is 0.225 e. The van der Waals surface area contributed by atoms with Gasteiger partial charge in [-0.1, -0.05) is 12.8 Å². The molecule has 3 aliphatic rings. The summed E-state index contributed by atoms with van der Waals surface area (Å²) in [5, 5.41) is 3.47. The molecule has 0 spiro atoms. The van der Waals surface area contributed by atoms with Gasteiger partial charge in [0.05, 0.1) is 0 Å². The summed E-state index contributed by atoms with van der Waals surface area (Å²) < 4.78 is 0. The monoisotopic (exact) mass is 250 g/mol. The van der Waals surface area contributed by atoms with Crippen molar-refractivity contribution in [1.29, 1.82) is 0 Å². The second-order valence-corrected chi connectivity index (χ2v) is 6.42. The quantitative estimate of drug-likeness (QED) is 0.829. The molecule has 0 aromatic heterocycles. The van der Waals surface area contributed by atoms with Gasteiger partial charge in [-0.15, -0.1) is 0 Å². The van der Waals surface area contributed by atoms with Crippen LogP contribution in [0.25, 0.3) is 0 Å². The lowest BCUT2D eigenvalue weighted by atomic mass is 9.97. The minimum atomic E-state index is 0.363. The molecule has 0 radical (unpaired) electrons. The van der Waals surface area contributed by atoms with Gasteiger partial charge in [-0.25, -0.2) is 0 Å². The van der Waals surface area contributed by atoms with Crippen LogP contribution >= 0.6 is 0 Å². The van der Waals surface area contributed by atoms with Gasteiger partial charge in [0.15, 0.2) is 0 Å². The van der Waals surface area contributed by atoms with E-state index in [-0.39, 0.29) is 0 Å². The normalized spacial score (nSPS) is 29.4. The number of piperidine rings is 1. The molecule has 1 amide bonds. The Bertz CT molecular complexity index is 289. The van der Waals surface area contributed by atoms with Crippen molar-refractivity contribution in [3.63, 3.8) is 0 Å². The lowest BCUT2D eigenvalue weighted by Crippen LogP contribution is -2.44. The van der Waals surface area contributed by atoms with E-state index in [1.54, 1.807) is 0 Å². The maximum atomic E-state index is 12.6. The first-order valence-electron chi connectivity index (χ1n) is 7.86. The molecule has 1 N–H and O–H groups in total. The average molecular weight is 250 g/mol. The van der Waals surface area contributed by atoms with E-state index in [0.717, 1.165) is 32.5 Å². The number of carbonyl (C=O) groups is 1. The van der Waals surface area contributed by atoms with E-state index in [0.29, 0.717) is 23.8 Å². The van der Waals surface area contributed by atoms with Gasteiger partial charge in [-0.05, 0) is 57.5 Å². The lowest BCUT2D eigenvalue weighted by Gasteiger charge is -2.32. The van der Waals surface area contributed by atoms with E-state index < -0.39 is 0 Å². The number of rotatable bonds is 4. The summed E-state index contributed by atoms with van der Waals surface area (Å²) in [6.07, 6.45) is 9.89. The van der Waals surface area contributed by atoms with Crippen molar-refractivity contribution in [2.24, 2.45) is 11.8 Å². The standard InChI is InChI=1S/C15H26N2O/c18-15(13-5-1-2-6-13)17(14-7-8-14)11-12-4-3-9-16-10-12/h12-14,16H,1-11H2. The predicted molar refractivity (Wildman–Crippen MR) is 72.3 cm³/mol. The zero-order valence-electron chi connectivity index (χ0n) is 11.4. The van der Waals surface area contributed by atoms with Gasteiger partial charge < -0.3 is 10.2 Å². The van der Waals surface area contributed by atoms with Crippen molar-refractivity contribution in [3.8, 4) is 0 Å². The Balaban J connectivity index is 1.58. The first kappa shape index (κ1) is 12.5. The molecule has 3 heteroatoms. The lowest BCUT2D eigenvalue weighted by molar-refractivity contribution is -0.136. The minimum Gasteiger partial charge on any atom is -0.339 e. The molecule has 1 unspecified atom stereocenters. The Morgan fingerprint density at radius 3 is 2.44 bits per heavy atom. The van der Waals surface area contributed by atoms with Crippen molar-refractivity contribution in [1.82, 2.24) is 10.2 Å². The van der Waals surface area contributed by atoms with Gasteiger partial charge in [0.25, 0.3) is 0 Å². The van der Waals surface area contributed by atoms with Gasteiger partial charge in [0.2, 0.25) is 5.91 Å². The Kier molecular flexibility index (Phi) is 3.88. The van der Waals surface area contributed by atoms with Gasteiger partial charge >= 0.3 is 0 Å². The highest BCUT2D eigenvalue weighted by Gasteiger charge is 2.37. The van der Waals surface area contributed by atoms with Crippen LogP contribution in [0.3, 0.4) is 0 Å². The first-order chi connectivity index (χ1) is 8.84. The average Bonchev–Trinajstić information content (AvgIpc) is 3.10. The number of hydrogen-bond donors (Lipinski definition) is 1. The van der Waals surface area contributed by atoms with Crippen LogP contribution in [-0.4, -0.2) is 36.5 Å². The molecule has 1 aliphatic heterocycles. The second kappa shape index (κ2) is 5.60. The molecule has 3 rings (SSSR count). The first-order valence-corrected chi connectivity index (χ1v) is 7.86. The van der Waals surface area contributed by atoms with Crippen molar-refractivity contribution in [3.05, 3.63) is 0 Å². The molecule has 102 valence electrons. The zero-order valence-corrected chi connectivity index (χ0v) is 11.4. The number of hydrogen-bond acceptors (Lipinski definition) is 2. The van der Waals surface area contributed by atoms with E-state index >= 15 is 0 Å². The third kappa shape index (κ3) is 2.87. The molecule has 0 aromatic rings. The number of amides is 1. The van der Waals surface area contributed by atoms with E-state index in [1.807, 2.05) is 0 Å². The second-order valence-electron chi connectivity index (χ2n) is 6.42. The highest BCUT2D eigenvalue weighted by molar-refractivity contribution is 5.79. The third-order valence-electron chi connectivity index (χ3n) is 4.83. The number of carbonyl (C=O) groups excluding carboxylic acids is 1. The van der Waals surface area contributed by atoms with Gasteiger partial charge in [0, 0.05) is 18.5 Å². The Morgan fingerprint density at radius 2 is 1.83 bits per heavy atom. The summed E-state index contributed by atoms with van der Waals surface area (Å²) in [5.74, 6) is 1.55. The largest absolute Gasteiger partial charge is 0.339 e. The molecule has 2 aliphatic carbocycles. The maximum absolute atomic E-state index is 12.6. The fourth-order valence-corrected chi connectivity index (χ4v) is 3.57. The summed E-state index contributed by atoms with van der Waals surface area (Å²) >= 11 is 0. The molecule has 1 atom stereocenters. The Labute approximate surface area is 110 Å². The molecule has 2 saturated carbocycles. The highest BCUT2D eigenvalue weighted by atomic mass is 16.2. The van der Waals surface area contributed by atoms with Crippen molar-refractivity contribution in [2.45, 2.75) is 57.4 Å². The van der Waals surface area contributed by atoms with Crippen LogP contribution in [0.4, 0.5) is 0 Å². The minimum absolute atomic E-state index is 0.363. The van der Waals surface area contributed by atoms with Gasteiger partial charge in [-0.3, -0.25) is 4.79 Å². The Hall–Kier alpha value is -0.570. The summed E-state index contributed by atoms with van der Waals surface area (Å²) in [5.41, 5.74) is 0. The van der Waals surface area contributed by atoms with Gasteiger partial charge in [-0.2, -0.15) is 0 Å². The summed E-state index contributed by atoms with van der Waals surface area (Å²) in [7, 11) is 0. The fourth-order valence-electron chi connectivity index (χ4n) is 3.57. The number of nitrogens with one attached hydrogen (secondary N) is 1. The molecular formula is C15H26N2O. The van der Waals surface area contributed by atoms with Gasteiger partial charge in [0.1, 0.15) is 0 Å². The predicted octanol–water partition coefficient (Wildman–Crippen LogP) is 2.17. The third-order valence-corrected chi connectivity index (χ3v) is 4.83. The Morgan fingerprint density at radius 1 is 1.06 bits per heavy atom. The summed E-state index contributed by atoms with van der Waals surface area (Å²) in [6.45, 7) is 3.30. The molecule has 1 saturated heterocycles. The van der Waals surface area contributed by atoms with Crippen LogP contribution in [0.2, 0.25) is 0 Å². The number of nitrogens with zero attached hydrogens (tertiary/aromatic N) is 1. The zero-order chi connectivity index (χ0) is 12.4. The topological polar surface area (TPSA) is 32.3 Å². The highest BCUT2D eigenvalue weighted by Crippen LogP contribution is 2.33. The van der Waals surface area contributed by atoms with Crippen LogP contribution in [0, 0.1) is 11.8 Å². The van der Waals surface area contributed by atoms with Crippen LogP contribution in [0.15, 0.2) is 0 Å². The molecule has 0 aromatic carbocycles. The molecular weight excluding hydrogens is 224 g/mol. The van der Waals surface area contributed by atoms with E-state index in [2.05, 4.69) is 10.2 Å². The van der Waals surface area contributed by atoms with Crippen molar-refractivity contribution >= 4 is 5.91 Å². The molecule has 1 heterocycles. The molecule has 3 nitrogen and oxygen atoms in total. The fraction of sp³-hybridized carbons (Fsp3) is 0.933. The summed E-state index contributed by atoms with van der Waals surface area (Å²) in [4.78, 5) is 14.9. The van der Waals surface area contributed by atoms with Crippen molar-refractivity contribution < 1.29 is 4.79 Å². The summed E-state index contributed by atoms with van der Waals surface area (Å²) in [6, 6.07) is 0.597. The van der Waals surface area contributed by atoms with E-state index in [4.69, 9.17) is 0 Å². The van der Waals surface area contributed by atoms with Crippen molar-refractivity contribution in [2.75, 3.05) is 19.6 Å². The van der Waals surface area contributed by atoms with Crippen LogP contribution in [-0.2, 0) is 4.79 Å². The van der Waals surface area contributed by atoms with E-state index in [9.17, 15) is 4.79 Å². The molecule has 18 heavy (non-hydrogen) atoms. The molecule has 0 bridgehead atoms. The molecule has 3 fully saturated rings. The SMILES string of the molecule is O=C(C1CCCC1)N(CC1CCCNC1)C1CC1. The van der Waals surface area contributed by atoms with E-state index in [1.165, 1.54) is 38.5 Å². The smallest absolute Gasteiger partial charge is 0.225 e. The van der Waals surface area contributed by atoms with Crippen LogP contribution in [0.1, 0.15) is 51.4 Å². The van der Waals surface area contributed by atoms with Crippen LogP contribution < -0.4 is 5.32 Å².